The SMILES string of the molecule is COC(=O)c1cc2c3c(cccc3c1)CC2. The first kappa shape index (κ1) is 9.40. The van der Waals surface area contributed by atoms with Crippen LogP contribution in [0.25, 0.3) is 10.8 Å². The van der Waals surface area contributed by atoms with Gasteiger partial charge in [-0.25, -0.2) is 4.79 Å². The summed E-state index contributed by atoms with van der Waals surface area (Å²) in [5, 5.41) is 2.48. The number of carbonyl (C=O) groups is 1. The summed E-state index contributed by atoms with van der Waals surface area (Å²) < 4.78 is 4.76. The lowest BCUT2D eigenvalue weighted by Crippen LogP contribution is -2.01. The van der Waals surface area contributed by atoms with Crippen molar-refractivity contribution in [3.05, 3.63) is 47.0 Å². The molecule has 1 aliphatic rings. The Labute approximate surface area is 93.8 Å². The van der Waals surface area contributed by atoms with Gasteiger partial charge in [-0.3, -0.25) is 0 Å². The van der Waals surface area contributed by atoms with Crippen molar-refractivity contribution in [3.63, 3.8) is 0 Å². The van der Waals surface area contributed by atoms with E-state index in [1.165, 1.54) is 23.6 Å². The predicted molar refractivity (Wildman–Crippen MR) is 62.7 cm³/mol. The monoisotopic (exact) mass is 212 g/mol. The Morgan fingerprint density at radius 3 is 2.81 bits per heavy atom. The highest BCUT2D eigenvalue weighted by molar-refractivity contribution is 5.98. The third-order valence-corrected chi connectivity index (χ3v) is 3.23. The van der Waals surface area contributed by atoms with Gasteiger partial charge in [-0.15, -0.1) is 0 Å². The molecule has 0 saturated heterocycles. The summed E-state index contributed by atoms with van der Waals surface area (Å²) >= 11 is 0. The molecule has 2 aromatic carbocycles. The van der Waals surface area contributed by atoms with Gasteiger partial charge in [0.15, 0.2) is 0 Å². The van der Waals surface area contributed by atoms with Crippen molar-refractivity contribution in [1.29, 1.82) is 0 Å². The summed E-state index contributed by atoms with van der Waals surface area (Å²) in [6.45, 7) is 0. The van der Waals surface area contributed by atoms with Crippen molar-refractivity contribution in [2.24, 2.45) is 0 Å². The summed E-state index contributed by atoms with van der Waals surface area (Å²) in [4.78, 5) is 11.5. The van der Waals surface area contributed by atoms with E-state index >= 15 is 0 Å². The predicted octanol–water partition coefficient (Wildman–Crippen LogP) is 2.73. The minimum atomic E-state index is -0.254. The van der Waals surface area contributed by atoms with Gasteiger partial charge < -0.3 is 4.74 Å². The van der Waals surface area contributed by atoms with E-state index < -0.39 is 0 Å². The minimum Gasteiger partial charge on any atom is -0.465 e. The molecule has 2 heteroatoms. The maximum absolute atomic E-state index is 11.5. The molecule has 0 atom stereocenters. The lowest BCUT2D eigenvalue weighted by Gasteiger charge is -2.05. The van der Waals surface area contributed by atoms with Crippen LogP contribution in [0.15, 0.2) is 30.3 Å². The number of hydrogen-bond acceptors (Lipinski definition) is 2. The fourth-order valence-corrected chi connectivity index (χ4v) is 2.51. The van der Waals surface area contributed by atoms with Gasteiger partial charge in [-0.05, 0) is 46.9 Å². The molecule has 0 radical (unpaired) electrons. The summed E-state index contributed by atoms with van der Waals surface area (Å²) in [7, 11) is 1.42. The second-order valence-electron chi connectivity index (χ2n) is 4.14. The van der Waals surface area contributed by atoms with Crippen LogP contribution in [0, 0.1) is 0 Å². The number of methoxy groups -OCH3 is 1. The van der Waals surface area contributed by atoms with E-state index in [9.17, 15) is 4.79 Å². The number of esters is 1. The van der Waals surface area contributed by atoms with Crippen molar-refractivity contribution in [3.8, 4) is 0 Å². The van der Waals surface area contributed by atoms with Gasteiger partial charge in [0.1, 0.15) is 0 Å². The number of benzene rings is 2. The van der Waals surface area contributed by atoms with Crippen LogP contribution in [-0.4, -0.2) is 13.1 Å². The molecule has 0 unspecified atom stereocenters. The Morgan fingerprint density at radius 2 is 2.00 bits per heavy atom. The first-order valence-electron chi connectivity index (χ1n) is 5.42. The third kappa shape index (κ3) is 1.23. The number of ether oxygens (including phenoxy) is 1. The topological polar surface area (TPSA) is 26.3 Å². The van der Waals surface area contributed by atoms with Crippen LogP contribution in [0.2, 0.25) is 0 Å². The Bertz CT molecular complexity index is 585. The van der Waals surface area contributed by atoms with Crippen molar-refractivity contribution in [2.75, 3.05) is 7.11 Å². The van der Waals surface area contributed by atoms with Crippen molar-refractivity contribution in [1.82, 2.24) is 0 Å². The Balaban J connectivity index is 2.30. The summed E-state index contributed by atoms with van der Waals surface area (Å²) in [5.41, 5.74) is 3.32. The second-order valence-corrected chi connectivity index (χ2v) is 4.14. The molecule has 0 aliphatic heterocycles. The number of carbonyl (C=O) groups excluding carboxylic acids is 1. The van der Waals surface area contributed by atoms with Crippen LogP contribution in [0.3, 0.4) is 0 Å². The van der Waals surface area contributed by atoms with Crippen LogP contribution in [0.4, 0.5) is 0 Å². The average molecular weight is 212 g/mol. The molecule has 0 amide bonds. The lowest BCUT2D eigenvalue weighted by molar-refractivity contribution is 0.0601. The number of hydrogen-bond donors (Lipinski definition) is 0. The van der Waals surface area contributed by atoms with Crippen molar-refractivity contribution < 1.29 is 9.53 Å². The molecule has 0 spiro atoms. The zero-order valence-electron chi connectivity index (χ0n) is 9.12. The number of rotatable bonds is 1. The zero-order valence-corrected chi connectivity index (χ0v) is 9.12. The average Bonchev–Trinajstić information content (AvgIpc) is 2.73. The van der Waals surface area contributed by atoms with Gasteiger partial charge in [-0.1, -0.05) is 18.2 Å². The van der Waals surface area contributed by atoms with E-state index in [1.54, 1.807) is 0 Å². The Morgan fingerprint density at radius 1 is 1.19 bits per heavy atom. The highest BCUT2D eigenvalue weighted by atomic mass is 16.5. The van der Waals surface area contributed by atoms with E-state index in [2.05, 4.69) is 12.1 Å². The van der Waals surface area contributed by atoms with Crippen LogP contribution in [0.1, 0.15) is 21.5 Å². The van der Waals surface area contributed by atoms with Crippen molar-refractivity contribution in [2.45, 2.75) is 12.8 Å². The summed E-state index contributed by atoms with van der Waals surface area (Å²) in [6.07, 6.45) is 2.11. The Kier molecular flexibility index (Phi) is 1.96. The molecule has 0 heterocycles. The standard InChI is InChI=1S/C14H12O2/c1-16-14(15)12-7-10-4-2-3-9-5-6-11(8-12)13(9)10/h2-4,7-8H,5-6H2,1H3. The van der Waals surface area contributed by atoms with Crippen LogP contribution >= 0.6 is 0 Å². The molecular weight excluding hydrogens is 200 g/mol. The third-order valence-electron chi connectivity index (χ3n) is 3.23. The molecular formula is C14H12O2. The van der Waals surface area contributed by atoms with Gasteiger partial charge in [0.25, 0.3) is 0 Å². The van der Waals surface area contributed by atoms with Crippen molar-refractivity contribution >= 4 is 16.7 Å². The number of aryl methyl sites for hydroxylation is 2. The van der Waals surface area contributed by atoms with Crippen LogP contribution < -0.4 is 0 Å². The summed E-state index contributed by atoms with van der Waals surface area (Å²) in [6, 6.07) is 10.1. The Hall–Kier alpha value is -1.83. The highest BCUT2D eigenvalue weighted by Gasteiger charge is 2.17. The molecule has 16 heavy (non-hydrogen) atoms. The van der Waals surface area contributed by atoms with Gasteiger partial charge in [0.05, 0.1) is 12.7 Å². The van der Waals surface area contributed by atoms with Gasteiger partial charge >= 0.3 is 5.97 Å². The molecule has 2 nitrogen and oxygen atoms in total. The first-order valence-corrected chi connectivity index (χ1v) is 5.42. The van der Waals surface area contributed by atoms with E-state index in [0.29, 0.717) is 5.56 Å². The fraction of sp³-hybridized carbons (Fsp3) is 0.214. The zero-order chi connectivity index (χ0) is 11.1. The van der Waals surface area contributed by atoms with Crippen LogP contribution in [-0.2, 0) is 17.6 Å². The van der Waals surface area contributed by atoms with E-state index in [4.69, 9.17) is 4.74 Å². The molecule has 0 bridgehead atoms. The first-order chi connectivity index (χ1) is 7.79. The summed E-state index contributed by atoms with van der Waals surface area (Å²) in [5.74, 6) is -0.254. The molecule has 80 valence electrons. The normalized spacial score (nSPS) is 13.1. The van der Waals surface area contributed by atoms with E-state index in [1.807, 2.05) is 18.2 Å². The largest absolute Gasteiger partial charge is 0.465 e. The molecule has 2 aromatic rings. The molecule has 0 saturated carbocycles. The van der Waals surface area contributed by atoms with Crippen LogP contribution in [0.5, 0.6) is 0 Å². The highest BCUT2D eigenvalue weighted by Crippen LogP contribution is 2.31. The minimum absolute atomic E-state index is 0.254. The van der Waals surface area contributed by atoms with Gasteiger partial charge in [0.2, 0.25) is 0 Å². The second kappa shape index (κ2) is 3.34. The van der Waals surface area contributed by atoms with Gasteiger partial charge in [0, 0.05) is 0 Å². The molecule has 1 aliphatic carbocycles. The maximum Gasteiger partial charge on any atom is 0.337 e. The van der Waals surface area contributed by atoms with E-state index in [-0.39, 0.29) is 5.97 Å². The quantitative estimate of drug-likeness (QED) is 0.679. The maximum atomic E-state index is 11.5. The molecule has 0 aromatic heterocycles. The molecule has 3 rings (SSSR count). The molecule has 0 fully saturated rings. The molecule has 0 N–H and O–H groups in total. The van der Waals surface area contributed by atoms with E-state index in [0.717, 1.165) is 18.2 Å². The smallest absolute Gasteiger partial charge is 0.337 e. The lowest BCUT2D eigenvalue weighted by atomic mass is 10.0. The fourth-order valence-electron chi connectivity index (χ4n) is 2.51. The van der Waals surface area contributed by atoms with Gasteiger partial charge in [-0.2, -0.15) is 0 Å².